The Kier molecular flexibility index (Phi) is 6.59. The van der Waals surface area contributed by atoms with Crippen LogP contribution in [-0.4, -0.2) is 49.8 Å². The van der Waals surface area contributed by atoms with Crippen molar-refractivity contribution in [2.75, 3.05) is 48.4 Å². The Bertz CT molecular complexity index is 832. The molecule has 3 rings (SSSR count). The van der Waals surface area contributed by atoms with Crippen molar-refractivity contribution in [1.29, 1.82) is 0 Å². The third kappa shape index (κ3) is 5.08. The van der Waals surface area contributed by atoms with Gasteiger partial charge in [-0.2, -0.15) is 0 Å². The van der Waals surface area contributed by atoms with E-state index in [0.717, 1.165) is 0 Å². The molecule has 0 atom stereocenters. The lowest BCUT2D eigenvalue weighted by Gasteiger charge is -2.29. The maximum absolute atomic E-state index is 12.8. The van der Waals surface area contributed by atoms with Crippen LogP contribution in [0.5, 0.6) is 0 Å². The SMILES string of the molecule is C=CCNC(=O)Nc1ccc(NC(=O)c2cccnc2N2CCOCC2)cc1. The summed E-state index contributed by atoms with van der Waals surface area (Å²) in [5, 5.41) is 8.20. The van der Waals surface area contributed by atoms with Gasteiger partial charge in [-0.05, 0) is 36.4 Å². The number of anilines is 3. The lowest BCUT2D eigenvalue weighted by Crippen LogP contribution is -2.38. The standard InChI is InChI=1S/C20H23N5O3/c1-2-9-22-20(27)24-16-7-5-15(6-8-16)23-19(26)17-4-3-10-21-18(17)25-11-13-28-14-12-25/h2-8,10H,1,9,11-14H2,(H,23,26)(H2,22,24,27). The molecule has 2 heterocycles. The molecule has 1 saturated heterocycles. The fourth-order valence-corrected chi connectivity index (χ4v) is 2.78. The molecule has 0 aliphatic carbocycles. The summed E-state index contributed by atoms with van der Waals surface area (Å²) in [5.41, 5.74) is 1.75. The van der Waals surface area contributed by atoms with Crippen molar-refractivity contribution in [3.63, 3.8) is 0 Å². The molecule has 0 spiro atoms. The second-order valence-electron chi connectivity index (χ2n) is 6.13. The number of carbonyl (C=O) groups is 2. The van der Waals surface area contributed by atoms with Gasteiger partial charge in [-0.1, -0.05) is 6.08 Å². The zero-order chi connectivity index (χ0) is 19.8. The normalized spacial score (nSPS) is 13.5. The van der Waals surface area contributed by atoms with E-state index in [0.29, 0.717) is 55.6 Å². The molecule has 1 aromatic carbocycles. The number of benzene rings is 1. The molecule has 146 valence electrons. The first-order chi connectivity index (χ1) is 13.7. The van der Waals surface area contributed by atoms with Crippen molar-refractivity contribution >= 4 is 29.1 Å². The van der Waals surface area contributed by atoms with Gasteiger partial charge in [-0.15, -0.1) is 6.58 Å². The van der Waals surface area contributed by atoms with Crippen LogP contribution < -0.4 is 20.9 Å². The number of pyridine rings is 1. The van der Waals surface area contributed by atoms with E-state index in [9.17, 15) is 9.59 Å². The zero-order valence-corrected chi connectivity index (χ0v) is 15.5. The molecule has 0 bridgehead atoms. The number of nitrogens with one attached hydrogen (secondary N) is 3. The first-order valence-corrected chi connectivity index (χ1v) is 9.02. The molecule has 1 aliphatic rings. The maximum atomic E-state index is 12.8. The van der Waals surface area contributed by atoms with E-state index < -0.39 is 0 Å². The Hall–Kier alpha value is -3.39. The minimum Gasteiger partial charge on any atom is -0.378 e. The van der Waals surface area contributed by atoms with Crippen molar-refractivity contribution in [3.8, 4) is 0 Å². The Labute approximate surface area is 163 Å². The summed E-state index contributed by atoms with van der Waals surface area (Å²) in [5.74, 6) is 0.416. The second kappa shape index (κ2) is 9.52. The van der Waals surface area contributed by atoms with Gasteiger partial charge in [-0.25, -0.2) is 9.78 Å². The average molecular weight is 381 g/mol. The van der Waals surface area contributed by atoms with Crippen molar-refractivity contribution in [1.82, 2.24) is 10.3 Å². The minimum atomic E-state index is -0.317. The highest BCUT2D eigenvalue weighted by molar-refractivity contribution is 6.07. The number of amides is 3. The van der Waals surface area contributed by atoms with Gasteiger partial charge in [0.15, 0.2) is 0 Å². The number of hydrogen-bond donors (Lipinski definition) is 3. The predicted molar refractivity (Wildman–Crippen MR) is 109 cm³/mol. The van der Waals surface area contributed by atoms with Gasteiger partial charge in [0.2, 0.25) is 0 Å². The first-order valence-electron chi connectivity index (χ1n) is 9.02. The Morgan fingerprint density at radius 3 is 2.46 bits per heavy atom. The average Bonchev–Trinajstić information content (AvgIpc) is 2.74. The van der Waals surface area contributed by atoms with Crippen LogP contribution in [-0.2, 0) is 4.74 Å². The zero-order valence-electron chi connectivity index (χ0n) is 15.5. The second-order valence-corrected chi connectivity index (χ2v) is 6.13. The van der Waals surface area contributed by atoms with Crippen molar-refractivity contribution < 1.29 is 14.3 Å². The highest BCUT2D eigenvalue weighted by Crippen LogP contribution is 2.21. The van der Waals surface area contributed by atoms with E-state index in [1.165, 1.54) is 0 Å². The van der Waals surface area contributed by atoms with Crippen LogP contribution in [0.2, 0.25) is 0 Å². The van der Waals surface area contributed by atoms with E-state index >= 15 is 0 Å². The van der Waals surface area contributed by atoms with Crippen LogP contribution >= 0.6 is 0 Å². The topological polar surface area (TPSA) is 95.6 Å². The lowest BCUT2D eigenvalue weighted by molar-refractivity contribution is 0.102. The Morgan fingerprint density at radius 1 is 1.11 bits per heavy atom. The molecule has 3 N–H and O–H groups in total. The molecule has 1 aromatic heterocycles. The highest BCUT2D eigenvalue weighted by atomic mass is 16.5. The van der Waals surface area contributed by atoms with E-state index in [-0.39, 0.29) is 11.9 Å². The van der Waals surface area contributed by atoms with E-state index in [2.05, 4.69) is 27.5 Å². The van der Waals surface area contributed by atoms with Crippen LogP contribution in [0.4, 0.5) is 22.0 Å². The molecule has 8 nitrogen and oxygen atoms in total. The number of morpholine rings is 1. The lowest BCUT2D eigenvalue weighted by atomic mass is 10.2. The minimum absolute atomic E-state index is 0.237. The smallest absolute Gasteiger partial charge is 0.319 e. The number of nitrogens with zero attached hydrogens (tertiary/aromatic N) is 2. The Morgan fingerprint density at radius 2 is 1.79 bits per heavy atom. The molecular weight excluding hydrogens is 358 g/mol. The number of urea groups is 1. The van der Waals surface area contributed by atoms with Crippen LogP contribution in [0.15, 0.2) is 55.3 Å². The molecule has 0 radical (unpaired) electrons. The summed E-state index contributed by atoms with van der Waals surface area (Å²) in [6.07, 6.45) is 3.28. The van der Waals surface area contributed by atoms with Crippen LogP contribution in [0, 0.1) is 0 Å². The number of rotatable bonds is 6. The molecular formula is C20H23N5O3. The fraction of sp³-hybridized carbons (Fsp3) is 0.250. The van der Waals surface area contributed by atoms with Gasteiger partial charge in [0, 0.05) is 37.2 Å². The van der Waals surface area contributed by atoms with Gasteiger partial charge in [0.1, 0.15) is 5.82 Å². The number of ether oxygens (including phenoxy) is 1. The third-order valence-corrected chi connectivity index (χ3v) is 4.15. The van der Waals surface area contributed by atoms with E-state index in [1.54, 1.807) is 48.7 Å². The maximum Gasteiger partial charge on any atom is 0.319 e. The number of carbonyl (C=O) groups excluding carboxylic acids is 2. The van der Waals surface area contributed by atoms with Crippen LogP contribution in [0.3, 0.4) is 0 Å². The molecule has 2 aromatic rings. The van der Waals surface area contributed by atoms with Crippen LogP contribution in [0.1, 0.15) is 10.4 Å². The summed E-state index contributed by atoms with van der Waals surface area (Å²) in [7, 11) is 0. The van der Waals surface area contributed by atoms with E-state index in [4.69, 9.17) is 4.74 Å². The fourth-order valence-electron chi connectivity index (χ4n) is 2.78. The van der Waals surface area contributed by atoms with E-state index in [1.807, 2.05) is 4.90 Å². The largest absolute Gasteiger partial charge is 0.378 e. The third-order valence-electron chi connectivity index (χ3n) is 4.15. The predicted octanol–water partition coefficient (Wildman–Crippen LogP) is 2.48. The van der Waals surface area contributed by atoms with Crippen molar-refractivity contribution in [3.05, 3.63) is 60.8 Å². The quantitative estimate of drug-likeness (QED) is 0.668. The Balaban J connectivity index is 1.65. The van der Waals surface area contributed by atoms with Gasteiger partial charge in [0.25, 0.3) is 5.91 Å². The first kappa shape index (κ1) is 19.4. The molecule has 0 saturated carbocycles. The molecule has 3 amide bonds. The van der Waals surface area contributed by atoms with Gasteiger partial charge in [-0.3, -0.25) is 4.79 Å². The summed E-state index contributed by atoms with van der Waals surface area (Å²) < 4.78 is 5.37. The molecule has 0 unspecified atom stereocenters. The summed E-state index contributed by atoms with van der Waals surface area (Å²) in [4.78, 5) is 30.8. The molecule has 28 heavy (non-hydrogen) atoms. The summed E-state index contributed by atoms with van der Waals surface area (Å²) in [6, 6.07) is 10.1. The highest BCUT2D eigenvalue weighted by Gasteiger charge is 2.19. The molecule has 8 heteroatoms. The van der Waals surface area contributed by atoms with Crippen molar-refractivity contribution in [2.24, 2.45) is 0 Å². The summed E-state index contributed by atoms with van der Waals surface area (Å²) in [6.45, 7) is 6.56. The molecule has 1 fully saturated rings. The van der Waals surface area contributed by atoms with Gasteiger partial charge < -0.3 is 25.6 Å². The van der Waals surface area contributed by atoms with Crippen LogP contribution in [0.25, 0.3) is 0 Å². The monoisotopic (exact) mass is 381 g/mol. The molecule has 1 aliphatic heterocycles. The summed E-state index contributed by atoms with van der Waals surface area (Å²) >= 11 is 0. The number of aromatic nitrogens is 1. The van der Waals surface area contributed by atoms with Crippen molar-refractivity contribution in [2.45, 2.75) is 0 Å². The van der Waals surface area contributed by atoms with Gasteiger partial charge in [0.05, 0.1) is 18.8 Å². The number of hydrogen-bond acceptors (Lipinski definition) is 5. The van der Waals surface area contributed by atoms with Gasteiger partial charge >= 0.3 is 6.03 Å².